The molecule has 2 rings (SSSR count). The highest BCUT2D eigenvalue weighted by atomic mass is 16.4. The van der Waals surface area contributed by atoms with Crippen LogP contribution in [0.1, 0.15) is 10.4 Å². The van der Waals surface area contributed by atoms with Crippen molar-refractivity contribution in [2.75, 3.05) is 11.9 Å². The van der Waals surface area contributed by atoms with Crippen LogP contribution < -0.4 is 5.32 Å². The number of nitrogens with one attached hydrogen (secondary N) is 1. The van der Waals surface area contributed by atoms with Crippen molar-refractivity contribution in [2.45, 2.75) is 0 Å². The first-order valence-electron chi connectivity index (χ1n) is 4.86. The van der Waals surface area contributed by atoms with Crippen molar-refractivity contribution in [3.05, 3.63) is 18.0 Å². The van der Waals surface area contributed by atoms with E-state index in [0.717, 1.165) is 0 Å². The molecule has 17 heavy (non-hydrogen) atoms. The van der Waals surface area contributed by atoms with Crippen LogP contribution in [0.2, 0.25) is 0 Å². The topological polar surface area (TPSA) is 80.0 Å². The summed E-state index contributed by atoms with van der Waals surface area (Å²) in [4.78, 5) is 15.1. The molecule has 0 radical (unpaired) electrons. The summed E-state index contributed by atoms with van der Waals surface area (Å²) >= 11 is 0. The Balaban J connectivity index is 2.67. The van der Waals surface area contributed by atoms with Crippen molar-refractivity contribution in [3.63, 3.8) is 0 Å². The van der Waals surface area contributed by atoms with E-state index in [0.29, 0.717) is 16.7 Å². The monoisotopic (exact) mass is 230 g/mol. The van der Waals surface area contributed by atoms with E-state index >= 15 is 0 Å². The van der Waals surface area contributed by atoms with Crippen LogP contribution in [0.5, 0.6) is 0 Å². The van der Waals surface area contributed by atoms with Gasteiger partial charge in [-0.25, -0.2) is 9.78 Å². The van der Waals surface area contributed by atoms with Crippen molar-refractivity contribution >= 4 is 22.7 Å². The molecular weight excluding hydrogens is 220 g/mol. The van der Waals surface area contributed by atoms with Gasteiger partial charge in [-0.1, -0.05) is 5.92 Å². The van der Waals surface area contributed by atoms with Crippen LogP contribution in [-0.4, -0.2) is 32.4 Å². The first kappa shape index (κ1) is 11.0. The molecule has 0 saturated carbocycles. The van der Waals surface area contributed by atoms with Gasteiger partial charge >= 0.3 is 5.97 Å². The molecule has 0 aromatic carbocycles. The summed E-state index contributed by atoms with van der Waals surface area (Å²) in [5.74, 6) is 1.35. The van der Waals surface area contributed by atoms with E-state index in [1.54, 1.807) is 17.9 Å². The number of carboxylic acid groups (broad SMARTS) is 1. The number of carbonyl (C=O) groups is 1. The number of pyridine rings is 1. The van der Waals surface area contributed by atoms with Crippen LogP contribution in [0.25, 0.3) is 11.0 Å². The molecule has 0 unspecified atom stereocenters. The van der Waals surface area contributed by atoms with Crippen LogP contribution in [0, 0.1) is 12.3 Å². The molecule has 0 fully saturated rings. The van der Waals surface area contributed by atoms with Gasteiger partial charge in [-0.2, -0.15) is 5.10 Å². The lowest BCUT2D eigenvalue weighted by atomic mass is 10.2. The highest BCUT2D eigenvalue weighted by Crippen LogP contribution is 2.25. The summed E-state index contributed by atoms with van der Waals surface area (Å²) in [6.07, 6.45) is 8.02. The molecule has 6 nitrogen and oxygen atoms in total. The summed E-state index contributed by atoms with van der Waals surface area (Å²) in [6, 6.07) is 0. The SMILES string of the molecule is C#CCNc1c(C(=O)O)cnc2c1cnn2C. The molecule has 2 N–H and O–H groups in total. The zero-order valence-electron chi connectivity index (χ0n) is 9.14. The molecule has 0 aliphatic rings. The molecule has 0 aliphatic heterocycles. The standard InChI is InChI=1S/C11H10N4O2/c1-3-4-12-9-7-6-14-15(2)10(7)13-5-8(9)11(16)17/h1,5-6H,4H2,2H3,(H,12,13)(H,16,17). The van der Waals surface area contributed by atoms with E-state index in [1.807, 2.05) is 0 Å². The van der Waals surface area contributed by atoms with Crippen molar-refractivity contribution < 1.29 is 9.90 Å². The number of rotatable bonds is 3. The molecule has 6 heteroatoms. The largest absolute Gasteiger partial charge is 0.478 e. The third-order valence-corrected chi connectivity index (χ3v) is 2.36. The fraction of sp³-hybridized carbons (Fsp3) is 0.182. The van der Waals surface area contributed by atoms with Gasteiger partial charge in [0.05, 0.1) is 23.8 Å². The number of aryl methyl sites for hydroxylation is 1. The second kappa shape index (κ2) is 4.14. The average Bonchev–Trinajstić information content (AvgIpc) is 2.68. The molecular formula is C11H10N4O2. The molecule has 0 saturated heterocycles. The van der Waals surface area contributed by atoms with Gasteiger partial charge < -0.3 is 10.4 Å². The Morgan fingerprint density at radius 3 is 3.06 bits per heavy atom. The van der Waals surface area contributed by atoms with Crippen LogP contribution in [0.3, 0.4) is 0 Å². The zero-order valence-corrected chi connectivity index (χ0v) is 9.14. The van der Waals surface area contributed by atoms with E-state index in [-0.39, 0.29) is 12.1 Å². The summed E-state index contributed by atoms with van der Waals surface area (Å²) in [5.41, 5.74) is 1.14. The van der Waals surface area contributed by atoms with Gasteiger partial charge in [0.2, 0.25) is 0 Å². The Kier molecular flexibility index (Phi) is 2.66. The van der Waals surface area contributed by atoms with Gasteiger partial charge in [-0.3, -0.25) is 4.68 Å². The lowest BCUT2D eigenvalue weighted by Gasteiger charge is -2.07. The Hall–Kier alpha value is -2.55. The third-order valence-electron chi connectivity index (χ3n) is 2.36. The van der Waals surface area contributed by atoms with E-state index in [2.05, 4.69) is 21.3 Å². The lowest BCUT2D eigenvalue weighted by Crippen LogP contribution is -2.08. The average molecular weight is 230 g/mol. The van der Waals surface area contributed by atoms with Gasteiger partial charge in [0.1, 0.15) is 5.56 Å². The minimum atomic E-state index is -1.05. The molecule has 2 aromatic rings. The Labute approximate surface area is 97.3 Å². The van der Waals surface area contributed by atoms with Gasteiger partial charge in [-0.15, -0.1) is 6.42 Å². The fourth-order valence-electron chi connectivity index (χ4n) is 1.59. The minimum absolute atomic E-state index is 0.0840. The van der Waals surface area contributed by atoms with Crippen molar-refractivity contribution in [1.29, 1.82) is 0 Å². The number of carboxylic acids is 1. The predicted molar refractivity (Wildman–Crippen MR) is 62.8 cm³/mol. The second-order valence-corrected chi connectivity index (χ2v) is 3.42. The van der Waals surface area contributed by atoms with Crippen LogP contribution in [0.15, 0.2) is 12.4 Å². The van der Waals surface area contributed by atoms with E-state index in [9.17, 15) is 4.79 Å². The van der Waals surface area contributed by atoms with Crippen LogP contribution in [-0.2, 0) is 7.05 Å². The predicted octanol–water partition coefficient (Wildman–Crippen LogP) is 0.712. The summed E-state index contributed by atoms with van der Waals surface area (Å²) < 4.78 is 1.57. The number of aromatic carboxylic acids is 1. The van der Waals surface area contributed by atoms with Crippen molar-refractivity contribution in [3.8, 4) is 12.3 Å². The first-order chi connectivity index (χ1) is 8.15. The highest BCUT2D eigenvalue weighted by molar-refractivity contribution is 6.03. The van der Waals surface area contributed by atoms with E-state index in [1.165, 1.54) is 6.20 Å². The number of aromatic nitrogens is 3. The Bertz CT molecular complexity index is 624. The normalized spacial score (nSPS) is 10.1. The molecule has 0 atom stereocenters. The van der Waals surface area contributed by atoms with Crippen LogP contribution >= 0.6 is 0 Å². The van der Waals surface area contributed by atoms with Gasteiger partial charge in [0.15, 0.2) is 5.65 Å². The zero-order chi connectivity index (χ0) is 12.4. The Morgan fingerprint density at radius 1 is 1.65 bits per heavy atom. The maximum absolute atomic E-state index is 11.1. The number of fused-ring (bicyclic) bond motifs is 1. The quantitative estimate of drug-likeness (QED) is 0.759. The van der Waals surface area contributed by atoms with Gasteiger partial charge in [-0.05, 0) is 0 Å². The summed E-state index contributed by atoms with van der Waals surface area (Å²) in [6.45, 7) is 0.244. The maximum Gasteiger partial charge on any atom is 0.339 e. The fourth-order valence-corrected chi connectivity index (χ4v) is 1.59. The molecule has 86 valence electrons. The second-order valence-electron chi connectivity index (χ2n) is 3.42. The third kappa shape index (κ3) is 1.78. The van der Waals surface area contributed by atoms with Gasteiger partial charge in [0, 0.05) is 13.2 Å². The molecule has 0 spiro atoms. The van der Waals surface area contributed by atoms with E-state index < -0.39 is 5.97 Å². The minimum Gasteiger partial charge on any atom is -0.478 e. The highest BCUT2D eigenvalue weighted by Gasteiger charge is 2.16. The Morgan fingerprint density at radius 2 is 2.41 bits per heavy atom. The van der Waals surface area contributed by atoms with Crippen molar-refractivity contribution in [2.24, 2.45) is 7.05 Å². The maximum atomic E-state index is 11.1. The molecule has 0 aliphatic carbocycles. The number of nitrogens with zero attached hydrogens (tertiary/aromatic N) is 3. The van der Waals surface area contributed by atoms with E-state index in [4.69, 9.17) is 11.5 Å². The molecule has 0 amide bonds. The van der Waals surface area contributed by atoms with Crippen molar-refractivity contribution in [1.82, 2.24) is 14.8 Å². The molecule has 2 heterocycles. The summed E-state index contributed by atoms with van der Waals surface area (Å²) in [5, 5.41) is 16.6. The number of hydrogen-bond acceptors (Lipinski definition) is 4. The summed E-state index contributed by atoms with van der Waals surface area (Å²) in [7, 11) is 1.74. The number of anilines is 1. The lowest BCUT2D eigenvalue weighted by molar-refractivity contribution is 0.0697. The molecule has 0 bridgehead atoms. The number of terminal acetylenes is 1. The van der Waals surface area contributed by atoms with Gasteiger partial charge in [0.25, 0.3) is 0 Å². The first-order valence-corrected chi connectivity index (χ1v) is 4.86. The smallest absolute Gasteiger partial charge is 0.339 e. The van der Waals surface area contributed by atoms with Crippen LogP contribution in [0.4, 0.5) is 5.69 Å². The molecule has 2 aromatic heterocycles. The number of hydrogen-bond donors (Lipinski definition) is 2.